The van der Waals surface area contributed by atoms with Gasteiger partial charge < -0.3 is 5.32 Å². The van der Waals surface area contributed by atoms with Crippen molar-refractivity contribution in [1.82, 2.24) is 4.31 Å². The summed E-state index contributed by atoms with van der Waals surface area (Å²) in [6, 6.07) is 8.86. The fraction of sp³-hybridized carbons (Fsp3) is 0.133. The van der Waals surface area contributed by atoms with Gasteiger partial charge in [-0.1, -0.05) is 23.2 Å². The first-order valence-electron chi connectivity index (χ1n) is 6.67. The van der Waals surface area contributed by atoms with Gasteiger partial charge in [0.05, 0.1) is 22.2 Å². The monoisotopic (exact) mass is 390 g/mol. The van der Waals surface area contributed by atoms with Gasteiger partial charge >= 0.3 is 0 Å². The lowest BCUT2D eigenvalue weighted by atomic mass is 10.3. The average Bonchev–Trinajstić information content (AvgIpc) is 2.51. The number of amides is 1. The van der Waals surface area contributed by atoms with Crippen molar-refractivity contribution in [3.8, 4) is 0 Å². The molecule has 0 saturated heterocycles. The van der Waals surface area contributed by atoms with Crippen LogP contribution in [-0.2, 0) is 14.8 Å². The number of hydrogen-bond acceptors (Lipinski definition) is 3. The highest BCUT2D eigenvalue weighted by molar-refractivity contribution is 7.89. The molecule has 1 amide bonds. The van der Waals surface area contributed by atoms with Crippen LogP contribution >= 0.6 is 23.2 Å². The zero-order valence-electron chi connectivity index (χ0n) is 12.5. The number of carbonyl (C=O) groups excluding carboxylic acids is 1. The van der Waals surface area contributed by atoms with Gasteiger partial charge in [-0.2, -0.15) is 4.31 Å². The highest BCUT2D eigenvalue weighted by atomic mass is 35.5. The van der Waals surface area contributed by atoms with Crippen LogP contribution in [0.25, 0.3) is 0 Å². The Hall–Kier alpha value is -1.67. The Balaban J connectivity index is 2.10. The first-order valence-corrected chi connectivity index (χ1v) is 8.86. The van der Waals surface area contributed by atoms with Crippen molar-refractivity contribution in [2.24, 2.45) is 0 Å². The topological polar surface area (TPSA) is 66.5 Å². The zero-order valence-corrected chi connectivity index (χ0v) is 14.8. The van der Waals surface area contributed by atoms with E-state index in [2.05, 4.69) is 5.32 Å². The maximum absolute atomic E-state index is 12.9. The predicted octanol–water partition coefficient (Wildman–Crippen LogP) is 3.39. The van der Waals surface area contributed by atoms with E-state index >= 15 is 0 Å². The molecule has 5 nitrogen and oxygen atoms in total. The van der Waals surface area contributed by atoms with Crippen molar-refractivity contribution in [2.45, 2.75) is 4.90 Å². The van der Waals surface area contributed by atoms with E-state index in [1.54, 1.807) is 6.07 Å². The van der Waals surface area contributed by atoms with Gasteiger partial charge in [0.1, 0.15) is 5.82 Å². The molecule has 1 N–H and O–H groups in total. The first kappa shape index (κ1) is 18.7. The van der Waals surface area contributed by atoms with Crippen molar-refractivity contribution in [3.63, 3.8) is 0 Å². The lowest BCUT2D eigenvalue weighted by Crippen LogP contribution is -2.35. The molecule has 0 saturated carbocycles. The quantitative estimate of drug-likeness (QED) is 0.850. The lowest BCUT2D eigenvalue weighted by Gasteiger charge is -2.17. The summed E-state index contributed by atoms with van der Waals surface area (Å²) >= 11 is 11.8. The van der Waals surface area contributed by atoms with E-state index in [1.807, 2.05) is 0 Å². The van der Waals surface area contributed by atoms with E-state index in [1.165, 1.54) is 19.2 Å². The number of benzene rings is 2. The van der Waals surface area contributed by atoms with Crippen molar-refractivity contribution in [2.75, 3.05) is 18.9 Å². The number of anilines is 1. The molecule has 0 aliphatic heterocycles. The van der Waals surface area contributed by atoms with Gasteiger partial charge in [-0.15, -0.1) is 0 Å². The molecule has 0 atom stereocenters. The number of carbonyl (C=O) groups is 1. The summed E-state index contributed by atoms with van der Waals surface area (Å²) in [4.78, 5) is 11.9. The van der Waals surface area contributed by atoms with Crippen LogP contribution in [0.15, 0.2) is 47.4 Å². The summed E-state index contributed by atoms with van der Waals surface area (Å²) in [5.74, 6) is -1.14. The number of sulfonamides is 1. The number of hydrogen-bond donors (Lipinski definition) is 1. The third kappa shape index (κ3) is 4.45. The van der Waals surface area contributed by atoms with Crippen LogP contribution in [0.5, 0.6) is 0 Å². The Morgan fingerprint density at radius 2 is 1.79 bits per heavy atom. The molecule has 2 aromatic carbocycles. The maximum atomic E-state index is 12.9. The van der Waals surface area contributed by atoms with Crippen molar-refractivity contribution >= 4 is 44.8 Å². The summed E-state index contributed by atoms with van der Waals surface area (Å²) in [7, 11) is -2.67. The minimum absolute atomic E-state index is 0.111. The van der Waals surface area contributed by atoms with Gasteiger partial charge in [0, 0.05) is 12.1 Å². The molecular weight excluding hydrogens is 378 g/mol. The van der Waals surface area contributed by atoms with Gasteiger partial charge in [0.2, 0.25) is 15.9 Å². The molecule has 0 spiro atoms. The number of likely N-dealkylation sites (N-methyl/N-ethyl adjacent to an activating group) is 1. The highest BCUT2D eigenvalue weighted by Gasteiger charge is 2.23. The van der Waals surface area contributed by atoms with Crippen molar-refractivity contribution in [3.05, 3.63) is 58.3 Å². The van der Waals surface area contributed by atoms with Gasteiger partial charge in [0.15, 0.2) is 0 Å². The second-order valence-electron chi connectivity index (χ2n) is 4.89. The van der Waals surface area contributed by atoms with E-state index in [0.717, 1.165) is 28.6 Å². The third-order valence-corrected chi connectivity index (χ3v) is 5.47. The molecular formula is C15H13Cl2FN2O3S. The standard InChI is InChI=1S/C15H13Cl2FN2O3S/c1-20(24(22,23)12-5-3-11(18)4-6-12)9-15(21)19-14-8-10(16)2-7-13(14)17/h2-8H,9H2,1H3,(H,19,21). The molecule has 2 aromatic rings. The molecule has 0 fully saturated rings. The molecule has 0 aliphatic carbocycles. The average molecular weight is 391 g/mol. The van der Waals surface area contributed by atoms with Gasteiger partial charge in [-0.05, 0) is 42.5 Å². The summed E-state index contributed by atoms with van der Waals surface area (Å²) in [5, 5.41) is 3.14. The fourth-order valence-electron chi connectivity index (χ4n) is 1.86. The van der Waals surface area contributed by atoms with Crippen molar-refractivity contribution < 1.29 is 17.6 Å². The zero-order chi connectivity index (χ0) is 17.9. The molecule has 0 aliphatic rings. The Bertz CT molecular complexity index is 858. The largest absolute Gasteiger partial charge is 0.324 e. The van der Waals surface area contributed by atoms with Gasteiger partial charge in [-0.25, -0.2) is 12.8 Å². The fourth-order valence-corrected chi connectivity index (χ4v) is 3.32. The maximum Gasteiger partial charge on any atom is 0.243 e. The minimum Gasteiger partial charge on any atom is -0.324 e. The van der Waals surface area contributed by atoms with E-state index in [-0.39, 0.29) is 15.6 Å². The highest BCUT2D eigenvalue weighted by Crippen LogP contribution is 2.25. The summed E-state index contributed by atoms with van der Waals surface area (Å²) in [6.07, 6.45) is 0. The molecule has 128 valence electrons. The van der Waals surface area contributed by atoms with E-state index < -0.39 is 28.3 Å². The second kappa shape index (κ2) is 7.48. The molecule has 24 heavy (non-hydrogen) atoms. The van der Waals surface area contributed by atoms with E-state index in [9.17, 15) is 17.6 Å². The molecule has 2 rings (SSSR count). The van der Waals surface area contributed by atoms with Gasteiger partial charge in [-0.3, -0.25) is 4.79 Å². The van der Waals surface area contributed by atoms with Gasteiger partial charge in [0.25, 0.3) is 0 Å². The summed E-state index contributed by atoms with van der Waals surface area (Å²) in [5.41, 5.74) is 0.279. The molecule has 0 aromatic heterocycles. The smallest absolute Gasteiger partial charge is 0.243 e. The third-order valence-electron chi connectivity index (χ3n) is 3.09. The summed E-state index contributed by atoms with van der Waals surface area (Å²) in [6.45, 7) is -0.442. The molecule has 0 heterocycles. The summed E-state index contributed by atoms with van der Waals surface area (Å²) < 4.78 is 38.4. The van der Waals surface area contributed by atoms with Crippen LogP contribution in [0.1, 0.15) is 0 Å². The number of rotatable bonds is 5. The van der Waals surface area contributed by atoms with Crippen LogP contribution in [0, 0.1) is 5.82 Å². The Morgan fingerprint density at radius 1 is 1.17 bits per heavy atom. The van der Waals surface area contributed by atoms with E-state index in [0.29, 0.717) is 5.02 Å². The van der Waals surface area contributed by atoms with Crippen molar-refractivity contribution in [1.29, 1.82) is 0 Å². The molecule has 0 bridgehead atoms. The Labute approximate surface area is 149 Å². The number of nitrogens with one attached hydrogen (secondary N) is 1. The molecule has 0 unspecified atom stereocenters. The van der Waals surface area contributed by atoms with Crippen LogP contribution in [0.3, 0.4) is 0 Å². The Kier molecular flexibility index (Phi) is 5.82. The van der Waals surface area contributed by atoms with Crippen LogP contribution in [0.2, 0.25) is 10.0 Å². The number of nitrogens with zero attached hydrogens (tertiary/aromatic N) is 1. The van der Waals surface area contributed by atoms with Crippen LogP contribution in [0.4, 0.5) is 10.1 Å². The van der Waals surface area contributed by atoms with E-state index in [4.69, 9.17) is 23.2 Å². The normalized spacial score (nSPS) is 11.5. The van der Waals surface area contributed by atoms with Crippen LogP contribution in [-0.4, -0.2) is 32.2 Å². The first-order chi connectivity index (χ1) is 11.2. The number of halogens is 3. The minimum atomic E-state index is -3.91. The predicted molar refractivity (Wildman–Crippen MR) is 91.3 cm³/mol. The SMILES string of the molecule is CN(CC(=O)Nc1cc(Cl)ccc1Cl)S(=O)(=O)c1ccc(F)cc1. The molecule has 0 radical (unpaired) electrons. The second-order valence-corrected chi connectivity index (χ2v) is 7.78. The Morgan fingerprint density at radius 3 is 2.42 bits per heavy atom. The lowest BCUT2D eigenvalue weighted by molar-refractivity contribution is -0.116. The molecule has 9 heteroatoms. The van der Waals surface area contributed by atoms with Crippen LogP contribution < -0.4 is 5.32 Å².